The van der Waals surface area contributed by atoms with Crippen LogP contribution in [0.2, 0.25) is 0 Å². The molecule has 0 aliphatic heterocycles. The summed E-state index contributed by atoms with van der Waals surface area (Å²) in [5, 5.41) is 5.44. The Morgan fingerprint density at radius 1 is 0.727 bits per heavy atom. The maximum Gasteiger partial charge on any atom is 0.315 e. The number of rotatable bonds is 8. The number of urea groups is 1. The maximum atomic E-state index is 11.5. The predicted molar refractivity (Wildman–Crippen MR) is 85.3 cm³/mol. The van der Waals surface area contributed by atoms with Crippen molar-refractivity contribution in [2.45, 2.75) is 0 Å². The number of carbonyl (C=O) groups excluding carboxylic acids is 1. The van der Waals surface area contributed by atoms with E-state index in [2.05, 4.69) is 10.6 Å². The number of benzene rings is 2. The molecular weight excluding hydrogens is 280 g/mol. The zero-order valence-corrected chi connectivity index (χ0v) is 12.3. The van der Waals surface area contributed by atoms with Crippen LogP contribution in [0.1, 0.15) is 0 Å². The number of amides is 2. The molecule has 5 nitrogen and oxygen atoms in total. The molecule has 0 saturated heterocycles. The second kappa shape index (κ2) is 9.28. The lowest BCUT2D eigenvalue weighted by Gasteiger charge is -2.10. The van der Waals surface area contributed by atoms with Crippen LogP contribution in [0.4, 0.5) is 4.79 Å². The summed E-state index contributed by atoms with van der Waals surface area (Å²) in [7, 11) is 0. The molecule has 0 spiro atoms. The summed E-state index contributed by atoms with van der Waals surface area (Å²) in [5.41, 5.74) is 0. The quantitative estimate of drug-likeness (QED) is 0.736. The molecule has 0 fully saturated rings. The second-order valence-electron chi connectivity index (χ2n) is 4.51. The smallest absolute Gasteiger partial charge is 0.315 e. The Morgan fingerprint density at radius 2 is 1.14 bits per heavy atom. The van der Waals surface area contributed by atoms with E-state index >= 15 is 0 Å². The third-order valence-corrected chi connectivity index (χ3v) is 2.80. The molecule has 0 saturated carbocycles. The van der Waals surface area contributed by atoms with Crippen molar-refractivity contribution in [2.24, 2.45) is 0 Å². The number of carbonyl (C=O) groups is 1. The minimum Gasteiger partial charge on any atom is -0.492 e. The van der Waals surface area contributed by atoms with Gasteiger partial charge in [-0.1, -0.05) is 36.4 Å². The van der Waals surface area contributed by atoms with Gasteiger partial charge in [-0.15, -0.1) is 0 Å². The molecule has 2 aromatic carbocycles. The molecule has 0 atom stereocenters. The monoisotopic (exact) mass is 300 g/mol. The van der Waals surface area contributed by atoms with E-state index in [9.17, 15) is 4.79 Å². The van der Waals surface area contributed by atoms with Gasteiger partial charge in [0.25, 0.3) is 0 Å². The zero-order valence-electron chi connectivity index (χ0n) is 12.3. The largest absolute Gasteiger partial charge is 0.492 e. The van der Waals surface area contributed by atoms with Crippen molar-refractivity contribution in [1.82, 2.24) is 10.6 Å². The summed E-state index contributed by atoms with van der Waals surface area (Å²) in [6.45, 7) is 1.75. The average molecular weight is 300 g/mol. The van der Waals surface area contributed by atoms with Crippen molar-refractivity contribution in [3.63, 3.8) is 0 Å². The minimum atomic E-state index is -0.228. The number of hydrogen-bond acceptors (Lipinski definition) is 3. The van der Waals surface area contributed by atoms with Gasteiger partial charge >= 0.3 is 6.03 Å². The lowest BCUT2D eigenvalue weighted by Crippen LogP contribution is -2.39. The first-order valence-electron chi connectivity index (χ1n) is 7.22. The lowest BCUT2D eigenvalue weighted by molar-refractivity contribution is 0.232. The molecule has 2 N–H and O–H groups in total. The van der Waals surface area contributed by atoms with E-state index in [1.807, 2.05) is 60.7 Å². The molecule has 22 heavy (non-hydrogen) atoms. The second-order valence-corrected chi connectivity index (χ2v) is 4.51. The van der Waals surface area contributed by atoms with Crippen LogP contribution in [0.3, 0.4) is 0 Å². The molecule has 2 amide bonds. The van der Waals surface area contributed by atoms with Crippen LogP contribution in [0.15, 0.2) is 60.7 Å². The molecule has 5 heteroatoms. The molecule has 2 aromatic rings. The summed E-state index contributed by atoms with van der Waals surface area (Å²) < 4.78 is 10.9. The Kier molecular flexibility index (Phi) is 6.62. The van der Waals surface area contributed by atoms with Gasteiger partial charge in [0.05, 0.1) is 13.1 Å². The van der Waals surface area contributed by atoms with Crippen LogP contribution in [0.25, 0.3) is 0 Å². The number of para-hydroxylation sites is 2. The normalized spacial score (nSPS) is 9.82. The third-order valence-electron chi connectivity index (χ3n) is 2.80. The molecular formula is C17H20N2O3. The topological polar surface area (TPSA) is 59.6 Å². The fraction of sp³-hybridized carbons (Fsp3) is 0.235. The lowest BCUT2D eigenvalue weighted by atomic mass is 10.3. The molecule has 116 valence electrons. The summed E-state index contributed by atoms with van der Waals surface area (Å²) in [5.74, 6) is 1.59. The highest BCUT2D eigenvalue weighted by molar-refractivity contribution is 5.73. The predicted octanol–water partition coefficient (Wildman–Crippen LogP) is 2.44. The van der Waals surface area contributed by atoms with Crippen LogP contribution in [0, 0.1) is 0 Å². The summed E-state index contributed by atoms with van der Waals surface area (Å²) >= 11 is 0. The minimum absolute atomic E-state index is 0.228. The van der Waals surface area contributed by atoms with Gasteiger partial charge in [-0.3, -0.25) is 0 Å². The van der Waals surface area contributed by atoms with Gasteiger partial charge < -0.3 is 20.1 Å². The first-order chi connectivity index (χ1) is 10.8. The molecule has 0 heterocycles. The Morgan fingerprint density at radius 3 is 1.55 bits per heavy atom. The first kappa shape index (κ1) is 15.7. The van der Waals surface area contributed by atoms with E-state index in [-0.39, 0.29) is 6.03 Å². The maximum absolute atomic E-state index is 11.5. The Bertz CT molecular complexity index is 497. The highest BCUT2D eigenvalue weighted by atomic mass is 16.5. The Balaban J connectivity index is 1.49. The highest BCUT2D eigenvalue weighted by Gasteiger charge is 1.99. The van der Waals surface area contributed by atoms with Crippen LogP contribution < -0.4 is 20.1 Å². The highest BCUT2D eigenvalue weighted by Crippen LogP contribution is 2.07. The van der Waals surface area contributed by atoms with Crippen molar-refractivity contribution in [2.75, 3.05) is 26.3 Å². The van der Waals surface area contributed by atoms with Crippen LogP contribution in [0.5, 0.6) is 11.5 Å². The number of hydrogen-bond donors (Lipinski definition) is 2. The van der Waals surface area contributed by atoms with Gasteiger partial charge in [0.15, 0.2) is 0 Å². The van der Waals surface area contributed by atoms with Gasteiger partial charge in [-0.2, -0.15) is 0 Å². The molecule has 2 rings (SSSR count). The van der Waals surface area contributed by atoms with Gasteiger partial charge in [-0.25, -0.2) is 4.79 Å². The van der Waals surface area contributed by atoms with Crippen molar-refractivity contribution < 1.29 is 14.3 Å². The first-order valence-corrected chi connectivity index (χ1v) is 7.22. The zero-order chi connectivity index (χ0) is 15.5. The van der Waals surface area contributed by atoms with E-state index in [0.29, 0.717) is 26.3 Å². The Hall–Kier alpha value is -2.69. The van der Waals surface area contributed by atoms with Gasteiger partial charge in [0, 0.05) is 0 Å². The van der Waals surface area contributed by atoms with Crippen LogP contribution in [-0.4, -0.2) is 32.3 Å². The van der Waals surface area contributed by atoms with Crippen molar-refractivity contribution >= 4 is 6.03 Å². The average Bonchev–Trinajstić information content (AvgIpc) is 2.57. The van der Waals surface area contributed by atoms with E-state index in [1.165, 1.54) is 0 Å². The summed E-state index contributed by atoms with van der Waals surface area (Å²) in [6, 6.07) is 18.7. The van der Waals surface area contributed by atoms with E-state index < -0.39 is 0 Å². The molecule has 0 unspecified atom stereocenters. The molecule has 0 bridgehead atoms. The van der Waals surface area contributed by atoms with Crippen molar-refractivity contribution in [3.8, 4) is 11.5 Å². The van der Waals surface area contributed by atoms with Crippen molar-refractivity contribution in [3.05, 3.63) is 60.7 Å². The third kappa shape index (κ3) is 6.17. The van der Waals surface area contributed by atoms with Crippen LogP contribution in [-0.2, 0) is 0 Å². The van der Waals surface area contributed by atoms with Gasteiger partial charge in [0.1, 0.15) is 24.7 Å². The van der Waals surface area contributed by atoms with E-state index in [4.69, 9.17) is 9.47 Å². The SMILES string of the molecule is O=C(NCCOc1ccccc1)NCCOc1ccccc1. The van der Waals surface area contributed by atoms with Crippen LogP contribution >= 0.6 is 0 Å². The van der Waals surface area contributed by atoms with E-state index in [0.717, 1.165) is 11.5 Å². The molecule has 0 radical (unpaired) electrons. The molecule has 0 aliphatic carbocycles. The van der Waals surface area contributed by atoms with Crippen molar-refractivity contribution in [1.29, 1.82) is 0 Å². The summed E-state index contributed by atoms with van der Waals surface area (Å²) in [6.07, 6.45) is 0. The molecule has 0 aliphatic rings. The Labute approximate surface area is 130 Å². The van der Waals surface area contributed by atoms with E-state index in [1.54, 1.807) is 0 Å². The number of nitrogens with one attached hydrogen (secondary N) is 2. The van der Waals surface area contributed by atoms with Gasteiger partial charge in [-0.05, 0) is 24.3 Å². The van der Waals surface area contributed by atoms with Gasteiger partial charge in [0.2, 0.25) is 0 Å². The standard InChI is InChI=1S/C17H20N2O3/c20-17(18-11-13-21-15-7-3-1-4-8-15)19-12-14-22-16-9-5-2-6-10-16/h1-10H,11-14H2,(H2,18,19,20). The number of ether oxygens (including phenoxy) is 2. The summed E-state index contributed by atoms with van der Waals surface area (Å²) in [4.78, 5) is 11.5. The fourth-order valence-electron chi connectivity index (χ4n) is 1.76. The molecule has 0 aromatic heterocycles. The fourth-order valence-corrected chi connectivity index (χ4v) is 1.76.